The molecule has 0 saturated carbocycles. The summed E-state index contributed by atoms with van der Waals surface area (Å²) in [6, 6.07) is 16.5. The third-order valence-corrected chi connectivity index (χ3v) is 6.33. The van der Waals surface area contributed by atoms with Crippen molar-refractivity contribution in [2.45, 2.75) is 35.5 Å². The lowest BCUT2D eigenvalue weighted by Crippen LogP contribution is -2.36. The van der Waals surface area contributed by atoms with Gasteiger partial charge in [-0.05, 0) is 25.0 Å². The van der Waals surface area contributed by atoms with E-state index >= 15 is 0 Å². The topological polar surface area (TPSA) is 75.7 Å². The van der Waals surface area contributed by atoms with E-state index in [0.717, 1.165) is 23.4 Å². The number of likely N-dealkylation sites (tertiary alicyclic amines) is 1. The van der Waals surface area contributed by atoms with Crippen LogP contribution in [-0.4, -0.2) is 41.0 Å². The number of amides is 2. The monoisotopic (exact) mass is 410 g/mol. The molecule has 1 saturated heterocycles. The van der Waals surface area contributed by atoms with Crippen LogP contribution in [0.1, 0.15) is 30.9 Å². The minimum atomic E-state index is -0.981. The van der Waals surface area contributed by atoms with E-state index in [0.29, 0.717) is 18.7 Å². The molecule has 7 heteroatoms. The molecular formula is C22H22N2O4S. The Labute approximate surface area is 173 Å². The van der Waals surface area contributed by atoms with Gasteiger partial charge in [0.25, 0.3) is 5.91 Å². The number of thioether (sulfide) groups is 1. The van der Waals surface area contributed by atoms with Crippen molar-refractivity contribution in [2.24, 2.45) is 0 Å². The molecule has 0 aliphatic carbocycles. The summed E-state index contributed by atoms with van der Waals surface area (Å²) in [5, 5.41) is 2.24. The Balaban J connectivity index is 1.47. The van der Waals surface area contributed by atoms with E-state index in [1.165, 1.54) is 11.8 Å². The maximum atomic E-state index is 13.0. The summed E-state index contributed by atoms with van der Waals surface area (Å²) < 4.78 is 5.63. The average Bonchev–Trinajstić information content (AvgIpc) is 3.28. The summed E-state index contributed by atoms with van der Waals surface area (Å²) in [5.74, 6) is -0.987. The Morgan fingerprint density at radius 1 is 1.07 bits per heavy atom. The van der Waals surface area contributed by atoms with Gasteiger partial charge in [0, 0.05) is 23.5 Å². The van der Waals surface area contributed by atoms with Crippen molar-refractivity contribution in [3.8, 4) is 0 Å². The van der Waals surface area contributed by atoms with Gasteiger partial charge in [0.2, 0.25) is 12.0 Å². The Kier molecular flexibility index (Phi) is 5.85. The quantitative estimate of drug-likeness (QED) is 0.765. The molecule has 0 aromatic heterocycles. The number of carbonyl (C=O) groups excluding carboxylic acids is 3. The molecule has 0 unspecified atom stereocenters. The Morgan fingerprint density at radius 2 is 1.76 bits per heavy atom. The number of hydrogen-bond acceptors (Lipinski definition) is 5. The van der Waals surface area contributed by atoms with Crippen molar-refractivity contribution in [3.05, 3.63) is 60.2 Å². The number of para-hydroxylation sites is 1. The largest absolute Gasteiger partial charge is 0.447 e. The predicted molar refractivity (Wildman–Crippen MR) is 110 cm³/mol. The second-order valence-electron chi connectivity index (χ2n) is 7.11. The molecule has 2 heterocycles. The molecule has 0 spiro atoms. The zero-order valence-corrected chi connectivity index (χ0v) is 16.7. The number of benzene rings is 2. The van der Waals surface area contributed by atoms with E-state index in [1.54, 1.807) is 17.0 Å². The first-order valence-corrected chi connectivity index (χ1v) is 10.6. The molecule has 2 atom stereocenters. The van der Waals surface area contributed by atoms with Gasteiger partial charge in [-0.15, -0.1) is 11.8 Å². The van der Waals surface area contributed by atoms with Crippen LogP contribution in [-0.2, 0) is 19.1 Å². The lowest BCUT2D eigenvalue weighted by atomic mass is 10.1. The van der Waals surface area contributed by atoms with Crippen molar-refractivity contribution < 1.29 is 19.1 Å². The van der Waals surface area contributed by atoms with Crippen molar-refractivity contribution in [1.82, 2.24) is 4.90 Å². The summed E-state index contributed by atoms with van der Waals surface area (Å²) in [6.07, 6.45) is 0.839. The number of anilines is 1. The minimum absolute atomic E-state index is 0.0958. The van der Waals surface area contributed by atoms with Gasteiger partial charge in [0.1, 0.15) is 0 Å². The second-order valence-corrected chi connectivity index (χ2v) is 8.35. The number of rotatable bonds is 5. The van der Waals surface area contributed by atoms with Gasteiger partial charge in [0.05, 0.1) is 17.4 Å². The lowest BCUT2D eigenvalue weighted by Gasteiger charge is -2.26. The van der Waals surface area contributed by atoms with Gasteiger partial charge in [-0.3, -0.25) is 14.4 Å². The van der Waals surface area contributed by atoms with Crippen molar-refractivity contribution >= 4 is 35.2 Å². The van der Waals surface area contributed by atoms with Gasteiger partial charge in [-0.25, -0.2) is 0 Å². The number of ether oxygens (including phenoxy) is 1. The van der Waals surface area contributed by atoms with Crippen LogP contribution in [0.5, 0.6) is 0 Å². The van der Waals surface area contributed by atoms with Crippen LogP contribution >= 0.6 is 11.8 Å². The molecule has 6 nitrogen and oxygen atoms in total. The fourth-order valence-electron chi connectivity index (χ4n) is 3.55. The Bertz CT molecular complexity index is 912. The summed E-state index contributed by atoms with van der Waals surface area (Å²) in [4.78, 5) is 40.7. The van der Waals surface area contributed by atoms with E-state index < -0.39 is 17.3 Å². The third-order valence-electron chi connectivity index (χ3n) is 5.05. The van der Waals surface area contributed by atoms with Crippen LogP contribution in [0.3, 0.4) is 0 Å². The summed E-state index contributed by atoms with van der Waals surface area (Å²) in [6.45, 7) is 1.36. The molecule has 2 amide bonds. The number of nitrogens with one attached hydrogen (secondary N) is 1. The van der Waals surface area contributed by atoms with E-state index in [2.05, 4.69) is 5.32 Å². The van der Waals surface area contributed by atoms with Crippen molar-refractivity contribution in [1.29, 1.82) is 0 Å². The number of nitrogens with zero attached hydrogens (tertiary/aromatic N) is 1. The minimum Gasteiger partial charge on any atom is -0.447 e. The second kappa shape index (κ2) is 8.69. The molecule has 1 fully saturated rings. The first-order chi connectivity index (χ1) is 14.1. The highest BCUT2D eigenvalue weighted by molar-refractivity contribution is 8.01. The van der Waals surface area contributed by atoms with Gasteiger partial charge in [-0.1, -0.05) is 42.5 Å². The molecule has 1 N–H and O–H groups in total. The average molecular weight is 410 g/mol. The van der Waals surface area contributed by atoms with Crippen LogP contribution in [0.2, 0.25) is 0 Å². The van der Waals surface area contributed by atoms with Crippen LogP contribution in [0.4, 0.5) is 5.69 Å². The standard InChI is InChI=1S/C22H22N2O4S/c25-19(14-18-21(26)23-16-10-4-5-11-17(16)29-18)28-20(15-8-2-1-3-9-15)22(27)24-12-6-7-13-24/h1-5,8-11,18,20H,6-7,12-14H2,(H,23,26)/t18-,20+/m0/s1. The van der Waals surface area contributed by atoms with Gasteiger partial charge in [-0.2, -0.15) is 0 Å². The molecule has 2 aromatic rings. The summed E-state index contributed by atoms with van der Waals surface area (Å²) in [5.41, 5.74) is 1.39. The van der Waals surface area contributed by atoms with Crippen LogP contribution in [0, 0.1) is 0 Å². The Morgan fingerprint density at radius 3 is 2.52 bits per heavy atom. The zero-order valence-electron chi connectivity index (χ0n) is 15.9. The predicted octanol–water partition coefficient (Wildman–Crippen LogP) is 3.40. The van der Waals surface area contributed by atoms with Gasteiger partial charge < -0.3 is 15.0 Å². The Hall–Kier alpha value is -2.80. The fourth-order valence-corrected chi connectivity index (χ4v) is 4.65. The number of hydrogen-bond donors (Lipinski definition) is 1. The van der Waals surface area contributed by atoms with Crippen LogP contribution in [0.25, 0.3) is 0 Å². The van der Waals surface area contributed by atoms with Crippen LogP contribution < -0.4 is 5.32 Å². The molecular weight excluding hydrogens is 388 g/mol. The molecule has 2 aliphatic heterocycles. The number of carbonyl (C=O) groups is 3. The molecule has 4 rings (SSSR count). The first-order valence-electron chi connectivity index (χ1n) is 9.71. The zero-order chi connectivity index (χ0) is 20.2. The molecule has 0 bridgehead atoms. The third kappa shape index (κ3) is 4.45. The van der Waals surface area contributed by atoms with Crippen molar-refractivity contribution in [2.75, 3.05) is 18.4 Å². The van der Waals surface area contributed by atoms with E-state index in [1.807, 2.05) is 42.5 Å². The molecule has 2 aromatic carbocycles. The SMILES string of the molecule is O=C(C[C@@H]1Sc2ccccc2NC1=O)O[C@@H](C(=O)N1CCCC1)c1ccccc1. The molecule has 29 heavy (non-hydrogen) atoms. The highest BCUT2D eigenvalue weighted by Crippen LogP contribution is 2.37. The van der Waals surface area contributed by atoms with Gasteiger partial charge >= 0.3 is 5.97 Å². The lowest BCUT2D eigenvalue weighted by molar-refractivity contribution is -0.160. The normalized spacial score (nSPS) is 19.2. The number of esters is 1. The van der Waals surface area contributed by atoms with E-state index in [4.69, 9.17) is 4.74 Å². The van der Waals surface area contributed by atoms with Crippen LogP contribution in [0.15, 0.2) is 59.5 Å². The van der Waals surface area contributed by atoms with Crippen molar-refractivity contribution in [3.63, 3.8) is 0 Å². The maximum Gasteiger partial charge on any atom is 0.308 e. The highest BCUT2D eigenvalue weighted by atomic mass is 32.2. The maximum absolute atomic E-state index is 13.0. The highest BCUT2D eigenvalue weighted by Gasteiger charge is 2.34. The molecule has 2 aliphatic rings. The summed E-state index contributed by atoms with van der Waals surface area (Å²) >= 11 is 1.34. The van der Waals surface area contributed by atoms with E-state index in [-0.39, 0.29) is 18.2 Å². The fraction of sp³-hybridized carbons (Fsp3) is 0.318. The first kappa shape index (κ1) is 19.5. The molecule has 150 valence electrons. The summed E-state index contributed by atoms with van der Waals surface area (Å²) in [7, 11) is 0. The smallest absolute Gasteiger partial charge is 0.308 e. The number of fused-ring (bicyclic) bond motifs is 1. The molecule has 0 radical (unpaired) electrons. The van der Waals surface area contributed by atoms with Gasteiger partial charge in [0.15, 0.2) is 0 Å². The van der Waals surface area contributed by atoms with E-state index in [9.17, 15) is 14.4 Å².